The lowest BCUT2D eigenvalue weighted by Crippen LogP contribution is -2.15. The van der Waals surface area contributed by atoms with E-state index in [1.807, 2.05) is 80.1 Å². The summed E-state index contributed by atoms with van der Waals surface area (Å²) in [6, 6.07) is 13.7. The number of nitrogens with zero attached hydrogens (tertiary/aromatic N) is 4. The topological polar surface area (TPSA) is 81.9 Å². The molecule has 4 aromatic rings. The van der Waals surface area contributed by atoms with Crippen LogP contribution < -0.4 is 10.1 Å². The van der Waals surface area contributed by atoms with E-state index in [2.05, 4.69) is 20.5 Å². The maximum atomic E-state index is 12.5. The second-order valence-electron chi connectivity index (χ2n) is 7.96. The highest BCUT2D eigenvalue weighted by Crippen LogP contribution is 2.30. The first-order valence-electron chi connectivity index (χ1n) is 11.2. The first-order chi connectivity index (χ1) is 16.9. The molecule has 35 heavy (non-hydrogen) atoms. The Morgan fingerprint density at radius 2 is 1.91 bits per heavy atom. The summed E-state index contributed by atoms with van der Waals surface area (Å²) in [7, 11) is 0. The van der Waals surface area contributed by atoms with E-state index < -0.39 is 0 Å². The van der Waals surface area contributed by atoms with Crippen molar-refractivity contribution in [3.63, 3.8) is 0 Å². The van der Waals surface area contributed by atoms with Crippen molar-refractivity contribution < 1.29 is 9.53 Å². The fraction of sp³-hybridized carbons (Fsp3) is 0.280. The zero-order chi connectivity index (χ0) is 24.9. The molecule has 0 saturated heterocycles. The number of thioether (sulfide) groups is 1. The number of anilines is 1. The molecule has 1 atom stereocenters. The van der Waals surface area contributed by atoms with Gasteiger partial charge in [0, 0.05) is 22.5 Å². The van der Waals surface area contributed by atoms with Crippen LogP contribution in [0.3, 0.4) is 0 Å². The smallest absolute Gasteiger partial charge is 0.236 e. The third-order valence-electron chi connectivity index (χ3n) is 5.30. The summed E-state index contributed by atoms with van der Waals surface area (Å²) in [6.45, 7) is 8.51. The molecule has 0 spiro atoms. The Morgan fingerprint density at radius 1 is 1.20 bits per heavy atom. The van der Waals surface area contributed by atoms with Crippen molar-refractivity contribution >= 4 is 45.7 Å². The second kappa shape index (κ2) is 11.2. The molecule has 1 amide bonds. The molecular formula is C25H26ClN5O2S2. The SMILES string of the molecule is CCn1c(SCC(=O)Nc2nc(-c3ccccc3)cs2)nnc1C(C)Oc1cc(C)c(Cl)c(C)c1. The summed E-state index contributed by atoms with van der Waals surface area (Å²) in [4.78, 5) is 17.1. The van der Waals surface area contributed by atoms with Gasteiger partial charge in [-0.05, 0) is 51.0 Å². The quantitative estimate of drug-likeness (QED) is 0.248. The molecular weight excluding hydrogens is 502 g/mol. The normalized spacial score (nSPS) is 11.9. The lowest BCUT2D eigenvalue weighted by atomic mass is 10.1. The Balaban J connectivity index is 1.37. The summed E-state index contributed by atoms with van der Waals surface area (Å²) in [5, 5.41) is 15.4. The van der Waals surface area contributed by atoms with Gasteiger partial charge in [-0.2, -0.15) is 0 Å². The van der Waals surface area contributed by atoms with Gasteiger partial charge in [0.2, 0.25) is 5.91 Å². The van der Waals surface area contributed by atoms with Crippen molar-refractivity contribution in [3.05, 3.63) is 69.8 Å². The number of amides is 1. The van der Waals surface area contributed by atoms with Crippen LogP contribution in [0.5, 0.6) is 5.75 Å². The molecule has 4 rings (SSSR count). The molecule has 1 N–H and O–H groups in total. The van der Waals surface area contributed by atoms with E-state index in [1.165, 1.54) is 23.1 Å². The number of benzene rings is 2. The highest BCUT2D eigenvalue weighted by molar-refractivity contribution is 7.99. The average Bonchev–Trinajstić information content (AvgIpc) is 3.48. The van der Waals surface area contributed by atoms with Crippen LogP contribution in [0.25, 0.3) is 11.3 Å². The molecule has 0 saturated carbocycles. The number of carbonyl (C=O) groups is 1. The van der Waals surface area contributed by atoms with Crippen LogP contribution in [-0.4, -0.2) is 31.4 Å². The first-order valence-corrected chi connectivity index (χ1v) is 13.4. The Labute approximate surface area is 217 Å². The highest BCUT2D eigenvalue weighted by Gasteiger charge is 2.20. The minimum absolute atomic E-state index is 0.146. The lowest BCUT2D eigenvalue weighted by Gasteiger charge is -2.17. The fourth-order valence-corrected chi connectivity index (χ4v) is 5.25. The monoisotopic (exact) mass is 527 g/mol. The predicted molar refractivity (Wildman–Crippen MR) is 143 cm³/mol. The minimum Gasteiger partial charge on any atom is -0.483 e. The number of hydrogen-bond acceptors (Lipinski definition) is 7. The van der Waals surface area contributed by atoms with Crippen LogP contribution in [0.2, 0.25) is 5.02 Å². The van der Waals surface area contributed by atoms with Gasteiger partial charge in [0.05, 0.1) is 11.4 Å². The zero-order valence-corrected chi connectivity index (χ0v) is 22.3. The number of ether oxygens (including phenoxy) is 1. The van der Waals surface area contributed by atoms with Gasteiger partial charge in [0.25, 0.3) is 0 Å². The average molecular weight is 528 g/mol. The Hall–Kier alpha value is -2.88. The summed E-state index contributed by atoms with van der Waals surface area (Å²) >= 11 is 9.01. The van der Waals surface area contributed by atoms with Crippen LogP contribution in [0, 0.1) is 13.8 Å². The molecule has 0 aliphatic rings. The Morgan fingerprint density at radius 3 is 2.60 bits per heavy atom. The molecule has 2 aromatic heterocycles. The molecule has 7 nitrogen and oxygen atoms in total. The van der Waals surface area contributed by atoms with Crippen molar-refractivity contribution in [1.82, 2.24) is 19.7 Å². The number of nitrogens with one attached hydrogen (secondary N) is 1. The molecule has 2 heterocycles. The van der Waals surface area contributed by atoms with Crippen molar-refractivity contribution in [2.45, 2.75) is 45.5 Å². The number of thiazole rings is 1. The van der Waals surface area contributed by atoms with Gasteiger partial charge in [-0.15, -0.1) is 21.5 Å². The van der Waals surface area contributed by atoms with E-state index in [1.54, 1.807) is 0 Å². The van der Waals surface area contributed by atoms with Crippen LogP contribution in [0.4, 0.5) is 5.13 Å². The van der Waals surface area contributed by atoms with Crippen molar-refractivity contribution in [2.24, 2.45) is 0 Å². The molecule has 0 radical (unpaired) electrons. The van der Waals surface area contributed by atoms with E-state index in [0.29, 0.717) is 22.7 Å². The van der Waals surface area contributed by atoms with E-state index in [0.717, 1.165) is 33.2 Å². The van der Waals surface area contributed by atoms with Crippen molar-refractivity contribution in [1.29, 1.82) is 0 Å². The number of halogens is 1. The third kappa shape index (κ3) is 6.04. The summed E-state index contributed by atoms with van der Waals surface area (Å²) in [5.41, 5.74) is 3.78. The van der Waals surface area contributed by atoms with Gasteiger partial charge >= 0.3 is 0 Å². The van der Waals surface area contributed by atoms with Gasteiger partial charge < -0.3 is 14.6 Å². The van der Waals surface area contributed by atoms with Crippen LogP contribution >= 0.6 is 34.7 Å². The number of carbonyl (C=O) groups excluding carboxylic acids is 1. The second-order valence-corrected chi connectivity index (χ2v) is 10.1. The third-order valence-corrected chi connectivity index (χ3v) is 7.62. The fourth-order valence-electron chi connectivity index (χ4n) is 3.59. The molecule has 182 valence electrons. The maximum absolute atomic E-state index is 12.5. The van der Waals surface area contributed by atoms with E-state index >= 15 is 0 Å². The number of aromatic nitrogens is 4. The minimum atomic E-state index is -0.322. The van der Waals surface area contributed by atoms with E-state index in [9.17, 15) is 4.79 Å². The van der Waals surface area contributed by atoms with Gasteiger partial charge in [-0.1, -0.05) is 53.7 Å². The van der Waals surface area contributed by atoms with E-state index in [4.69, 9.17) is 16.3 Å². The molecule has 0 aliphatic carbocycles. The number of hydrogen-bond donors (Lipinski definition) is 1. The summed E-state index contributed by atoms with van der Waals surface area (Å²) in [5.74, 6) is 1.48. The summed E-state index contributed by atoms with van der Waals surface area (Å²) in [6.07, 6.45) is -0.322. The number of rotatable bonds is 9. The van der Waals surface area contributed by atoms with Gasteiger partial charge in [0.15, 0.2) is 22.2 Å². The molecule has 2 aromatic carbocycles. The number of aryl methyl sites for hydroxylation is 2. The Kier molecular flexibility index (Phi) is 8.10. The molecule has 10 heteroatoms. The van der Waals surface area contributed by atoms with Gasteiger partial charge in [0.1, 0.15) is 5.75 Å². The summed E-state index contributed by atoms with van der Waals surface area (Å²) < 4.78 is 8.11. The van der Waals surface area contributed by atoms with Crippen LogP contribution in [-0.2, 0) is 11.3 Å². The highest BCUT2D eigenvalue weighted by atomic mass is 35.5. The van der Waals surface area contributed by atoms with Crippen LogP contribution in [0.1, 0.15) is 36.9 Å². The molecule has 0 fully saturated rings. The lowest BCUT2D eigenvalue weighted by molar-refractivity contribution is -0.113. The standard InChI is InChI=1S/C25H26ClN5O2S2/c1-5-31-23(17(4)33-19-11-15(2)22(26)16(3)12-19)29-30-25(31)35-14-21(32)28-24-27-20(13-34-24)18-9-7-6-8-10-18/h6-13,17H,5,14H2,1-4H3,(H,27,28,32). The predicted octanol–water partition coefficient (Wildman–Crippen LogP) is 6.56. The maximum Gasteiger partial charge on any atom is 0.236 e. The molecule has 0 bridgehead atoms. The largest absolute Gasteiger partial charge is 0.483 e. The first kappa shape index (κ1) is 25.2. The van der Waals surface area contributed by atoms with Crippen molar-refractivity contribution in [2.75, 3.05) is 11.1 Å². The van der Waals surface area contributed by atoms with Crippen molar-refractivity contribution in [3.8, 4) is 17.0 Å². The molecule has 0 aliphatic heterocycles. The Bertz CT molecular complexity index is 1300. The van der Waals surface area contributed by atoms with E-state index in [-0.39, 0.29) is 17.8 Å². The zero-order valence-electron chi connectivity index (χ0n) is 19.9. The van der Waals surface area contributed by atoms with Gasteiger partial charge in [-0.25, -0.2) is 4.98 Å². The van der Waals surface area contributed by atoms with Gasteiger partial charge in [-0.3, -0.25) is 4.79 Å². The van der Waals surface area contributed by atoms with Crippen LogP contribution in [0.15, 0.2) is 53.0 Å². The molecule has 1 unspecified atom stereocenters.